The lowest BCUT2D eigenvalue weighted by Gasteiger charge is -2.22. The first-order valence-electron chi connectivity index (χ1n) is 5.51. The molecular formula is C11H18O6. The number of hydrogen-bond donors (Lipinski definition) is 0. The van der Waals surface area contributed by atoms with E-state index in [0.29, 0.717) is 6.42 Å². The lowest BCUT2D eigenvalue weighted by atomic mass is 10.1. The van der Waals surface area contributed by atoms with Crippen molar-refractivity contribution >= 4 is 11.9 Å². The first-order chi connectivity index (χ1) is 8.02. The molecule has 98 valence electrons. The standard InChI is InChI=1S/C11H18O6/c1-7(12)15-6-10(16-8(2)13)9-4-5-11(14-3)17-9/h9-11H,4-6H2,1-3H3/t9-,10+,11-/m0/s1. The largest absolute Gasteiger partial charge is 0.462 e. The van der Waals surface area contributed by atoms with E-state index in [1.54, 1.807) is 7.11 Å². The predicted octanol–water partition coefficient (Wildman–Crippen LogP) is 0.633. The van der Waals surface area contributed by atoms with Crippen molar-refractivity contribution in [3.8, 4) is 0 Å². The molecule has 17 heavy (non-hydrogen) atoms. The van der Waals surface area contributed by atoms with Gasteiger partial charge in [0.05, 0.1) is 0 Å². The summed E-state index contributed by atoms with van der Waals surface area (Å²) in [6.07, 6.45) is 0.298. The summed E-state index contributed by atoms with van der Waals surface area (Å²) in [5, 5.41) is 0. The van der Waals surface area contributed by atoms with Crippen molar-refractivity contribution in [3.63, 3.8) is 0 Å². The lowest BCUT2D eigenvalue weighted by molar-refractivity contribution is -0.178. The first-order valence-corrected chi connectivity index (χ1v) is 5.51. The van der Waals surface area contributed by atoms with Crippen LogP contribution in [-0.4, -0.2) is 44.2 Å². The fourth-order valence-electron chi connectivity index (χ4n) is 1.71. The zero-order valence-electron chi connectivity index (χ0n) is 10.3. The van der Waals surface area contributed by atoms with Crippen molar-refractivity contribution in [1.82, 2.24) is 0 Å². The molecule has 0 unspecified atom stereocenters. The Morgan fingerprint density at radius 2 is 2.00 bits per heavy atom. The fraction of sp³-hybridized carbons (Fsp3) is 0.818. The molecule has 1 aliphatic rings. The number of esters is 2. The number of hydrogen-bond acceptors (Lipinski definition) is 6. The molecule has 0 bridgehead atoms. The zero-order valence-corrected chi connectivity index (χ0v) is 10.3. The molecule has 1 heterocycles. The summed E-state index contributed by atoms with van der Waals surface area (Å²) < 4.78 is 20.5. The van der Waals surface area contributed by atoms with Crippen molar-refractivity contribution in [2.45, 2.75) is 45.2 Å². The van der Waals surface area contributed by atoms with Crippen LogP contribution in [0.3, 0.4) is 0 Å². The highest BCUT2D eigenvalue weighted by Gasteiger charge is 2.34. The van der Waals surface area contributed by atoms with Crippen LogP contribution in [0.5, 0.6) is 0 Å². The van der Waals surface area contributed by atoms with E-state index in [1.165, 1.54) is 13.8 Å². The molecule has 6 nitrogen and oxygen atoms in total. The van der Waals surface area contributed by atoms with Crippen molar-refractivity contribution in [3.05, 3.63) is 0 Å². The molecule has 0 aromatic rings. The first kappa shape index (κ1) is 13.9. The van der Waals surface area contributed by atoms with Crippen LogP contribution in [0.25, 0.3) is 0 Å². The maximum atomic E-state index is 11.0. The summed E-state index contributed by atoms with van der Waals surface area (Å²) in [5.74, 6) is -0.838. The van der Waals surface area contributed by atoms with Crippen LogP contribution in [0.2, 0.25) is 0 Å². The Bertz CT molecular complexity index is 277. The van der Waals surface area contributed by atoms with Crippen LogP contribution in [0.1, 0.15) is 26.7 Å². The maximum Gasteiger partial charge on any atom is 0.303 e. The molecule has 0 amide bonds. The third-order valence-electron chi connectivity index (χ3n) is 2.46. The SMILES string of the molecule is CO[C@@H]1CC[C@@H]([C@@H](COC(C)=O)OC(C)=O)O1. The predicted molar refractivity (Wildman–Crippen MR) is 57.1 cm³/mol. The molecule has 0 radical (unpaired) electrons. The molecular weight excluding hydrogens is 228 g/mol. The van der Waals surface area contributed by atoms with Gasteiger partial charge in [-0.05, 0) is 6.42 Å². The Labute approximate surface area is 100 Å². The third-order valence-corrected chi connectivity index (χ3v) is 2.46. The van der Waals surface area contributed by atoms with E-state index >= 15 is 0 Å². The number of ether oxygens (including phenoxy) is 4. The van der Waals surface area contributed by atoms with Gasteiger partial charge >= 0.3 is 11.9 Å². The number of carbonyl (C=O) groups is 2. The van der Waals surface area contributed by atoms with Crippen molar-refractivity contribution < 1.29 is 28.5 Å². The van der Waals surface area contributed by atoms with Crippen LogP contribution in [-0.2, 0) is 28.5 Å². The minimum absolute atomic E-state index is 0.00993. The van der Waals surface area contributed by atoms with E-state index in [1.807, 2.05) is 0 Å². The molecule has 0 aromatic carbocycles. The Kier molecular flexibility index (Phi) is 5.37. The van der Waals surface area contributed by atoms with Gasteiger partial charge in [-0.15, -0.1) is 0 Å². The molecule has 3 atom stereocenters. The van der Waals surface area contributed by atoms with Gasteiger partial charge < -0.3 is 18.9 Å². The van der Waals surface area contributed by atoms with E-state index < -0.39 is 18.0 Å². The molecule has 0 spiro atoms. The summed E-state index contributed by atoms with van der Waals surface area (Å²) in [5.41, 5.74) is 0. The van der Waals surface area contributed by atoms with Gasteiger partial charge in [-0.3, -0.25) is 9.59 Å². The van der Waals surface area contributed by atoms with Crippen LogP contribution in [0, 0.1) is 0 Å². The summed E-state index contributed by atoms with van der Waals surface area (Å²) in [7, 11) is 1.56. The molecule has 0 aromatic heterocycles. The maximum absolute atomic E-state index is 11.0. The van der Waals surface area contributed by atoms with Crippen LogP contribution >= 0.6 is 0 Å². The van der Waals surface area contributed by atoms with Gasteiger partial charge in [0.25, 0.3) is 0 Å². The highest BCUT2D eigenvalue weighted by Crippen LogP contribution is 2.24. The van der Waals surface area contributed by atoms with Gasteiger partial charge in [-0.1, -0.05) is 0 Å². The van der Waals surface area contributed by atoms with Crippen LogP contribution < -0.4 is 0 Å². The summed E-state index contributed by atoms with van der Waals surface area (Å²) in [6.45, 7) is 2.62. The van der Waals surface area contributed by atoms with E-state index in [-0.39, 0.29) is 19.0 Å². The topological polar surface area (TPSA) is 71.1 Å². The number of methoxy groups -OCH3 is 1. The second-order valence-electron chi connectivity index (χ2n) is 3.87. The molecule has 1 fully saturated rings. The monoisotopic (exact) mass is 246 g/mol. The third kappa shape index (κ3) is 4.70. The van der Waals surface area contributed by atoms with Crippen molar-refractivity contribution in [1.29, 1.82) is 0 Å². The normalized spacial score (nSPS) is 25.4. The molecule has 1 aliphatic heterocycles. The zero-order chi connectivity index (χ0) is 12.8. The molecule has 0 saturated carbocycles. The number of rotatable bonds is 5. The highest BCUT2D eigenvalue weighted by atomic mass is 16.7. The van der Waals surface area contributed by atoms with Gasteiger partial charge in [0.15, 0.2) is 12.4 Å². The second kappa shape index (κ2) is 6.56. The molecule has 0 N–H and O–H groups in total. The van der Waals surface area contributed by atoms with E-state index in [2.05, 4.69) is 0 Å². The Balaban J connectivity index is 2.50. The van der Waals surface area contributed by atoms with E-state index in [9.17, 15) is 9.59 Å². The van der Waals surface area contributed by atoms with Crippen molar-refractivity contribution in [2.24, 2.45) is 0 Å². The lowest BCUT2D eigenvalue weighted by Crippen LogP contribution is -2.35. The van der Waals surface area contributed by atoms with E-state index in [0.717, 1.165) is 6.42 Å². The minimum atomic E-state index is -0.573. The molecule has 1 rings (SSSR count). The van der Waals surface area contributed by atoms with Gasteiger partial charge in [-0.2, -0.15) is 0 Å². The van der Waals surface area contributed by atoms with Crippen molar-refractivity contribution in [2.75, 3.05) is 13.7 Å². The molecule has 0 aliphatic carbocycles. The number of carbonyl (C=O) groups excluding carboxylic acids is 2. The highest BCUT2D eigenvalue weighted by molar-refractivity contribution is 5.67. The Morgan fingerprint density at radius 1 is 1.29 bits per heavy atom. The van der Waals surface area contributed by atoms with Gasteiger partial charge in [-0.25, -0.2) is 0 Å². The van der Waals surface area contributed by atoms with Crippen LogP contribution in [0.15, 0.2) is 0 Å². The summed E-state index contributed by atoms with van der Waals surface area (Å²) >= 11 is 0. The summed E-state index contributed by atoms with van der Waals surface area (Å²) in [6, 6.07) is 0. The average molecular weight is 246 g/mol. The van der Waals surface area contributed by atoms with Gasteiger partial charge in [0.2, 0.25) is 0 Å². The van der Waals surface area contributed by atoms with Gasteiger partial charge in [0.1, 0.15) is 12.7 Å². The van der Waals surface area contributed by atoms with Crippen LogP contribution in [0.4, 0.5) is 0 Å². The quantitative estimate of drug-likeness (QED) is 0.663. The fourth-order valence-corrected chi connectivity index (χ4v) is 1.71. The molecule has 6 heteroatoms. The Hall–Kier alpha value is -1.14. The second-order valence-corrected chi connectivity index (χ2v) is 3.87. The summed E-state index contributed by atoms with van der Waals surface area (Å²) in [4.78, 5) is 21.7. The van der Waals surface area contributed by atoms with Gasteiger partial charge in [0, 0.05) is 27.4 Å². The van der Waals surface area contributed by atoms with E-state index in [4.69, 9.17) is 18.9 Å². The smallest absolute Gasteiger partial charge is 0.303 e. The molecule has 1 saturated heterocycles. The average Bonchev–Trinajstić information content (AvgIpc) is 2.71. The minimum Gasteiger partial charge on any atom is -0.462 e. The Morgan fingerprint density at radius 3 is 2.47 bits per heavy atom.